The van der Waals surface area contributed by atoms with Gasteiger partial charge in [-0.05, 0) is 23.8 Å². The maximum absolute atomic E-state index is 13.2. The van der Waals surface area contributed by atoms with Crippen LogP contribution in [0.5, 0.6) is 11.5 Å². The monoisotopic (exact) mass is 371 g/mol. The van der Waals surface area contributed by atoms with Gasteiger partial charge in [0, 0.05) is 18.0 Å². The van der Waals surface area contributed by atoms with Crippen LogP contribution in [0, 0.1) is 0 Å². The van der Waals surface area contributed by atoms with Crippen molar-refractivity contribution < 1.29 is 19.0 Å². The van der Waals surface area contributed by atoms with Crippen LogP contribution in [-0.4, -0.2) is 50.3 Å². The van der Waals surface area contributed by atoms with Crippen LogP contribution in [0.3, 0.4) is 0 Å². The molecule has 0 radical (unpaired) electrons. The minimum absolute atomic E-state index is 0.124. The molecule has 2 aromatic rings. The highest BCUT2D eigenvalue weighted by Gasteiger charge is 2.28. The molecule has 1 unspecified atom stereocenters. The standard InChI is InChI=1S/C20H21NO4S/c22-20(21-8-10-23-11-9-21)19(15-4-2-1-3-5-15)26-16-6-7-17-18(14-16)25-13-12-24-17/h1-7,14,19H,8-13H2. The minimum atomic E-state index is -0.295. The van der Waals surface area contributed by atoms with Gasteiger partial charge in [0.1, 0.15) is 18.5 Å². The first kappa shape index (κ1) is 17.2. The summed E-state index contributed by atoms with van der Waals surface area (Å²) in [6.45, 7) is 3.61. The van der Waals surface area contributed by atoms with E-state index in [2.05, 4.69) is 0 Å². The van der Waals surface area contributed by atoms with Crippen LogP contribution in [-0.2, 0) is 9.53 Å². The molecule has 0 bridgehead atoms. The first-order chi connectivity index (χ1) is 12.8. The highest BCUT2D eigenvalue weighted by molar-refractivity contribution is 8.00. The van der Waals surface area contributed by atoms with Crippen molar-refractivity contribution in [2.24, 2.45) is 0 Å². The zero-order valence-corrected chi connectivity index (χ0v) is 15.2. The van der Waals surface area contributed by atoms with Crippen LogP contribution in [0.2, 0.25) is 0 Å². The Kier molecular flexibility index (Phi) is 5.32. The van der Waals surface area contributed by atoms with E-state index in [0.717, 1.165) is 22.0 Å². The molecule has 26 heavy (non-hydrogen) atoms. The second-order valence-corrected chi connectivity index (χ2v) is 7.33. The SMILES string of the molecule is O=C(C(Sc1ccc2c(c1)OCCO2)c1ccccc1)N1CCOCC1. The topological polar surface area (TPSA) is 48.0 Å². The van der Waals surface area contributed by atoms with E-state index in [0.29, 0.717) is 39.5 Å². The summed E-state index contributed by atoms with van der Waals surface area (Å²) in [6.07, 6.45) is 0. The summed E-state index contributed by atoms with van der Waals surface area (Å²) in [5, 5.41) is -0.295. The lowest BCUT2D eigenvalue weighted by atomic mass is 10.1. The lowest BCUT2D eigenvalue weighted by Gasteiger charge is -2.30. The van der Waals surface area contributed by atoms with Gasteiger partial charge >= 0.3 is 0 Å². The van der Waals surface area contributed by atoms with E-state index in [1.54, 1.807) is 11.8 Å². The molecule has 1 atom stereocenters. The van der Waals surface area contributed by atoms with Crippen molar-refractivity contribution >= 4 is 17.7 Å². The summed E-state index contributed by atoms with van der Waals surface area (Å²) < 4.78 is 16.7. The molecule has 0 saturated carbocycles. The summed E-state index contributed by atoms with van der Waals surface area (Å²) in [5.74, 6) is 1.63. The molecule has 1 saturated heterocycles. The Labute approximate surface area is 157 Å². The predicted octanol–water partition coefficient (Wildman–Crippen LogP) is 3.15. The van der Waals surface area contributed by atoms with E-state index >= 15 is 0 Å². The minimum Gasteiger partial charge on any atom is -0.486 e. The largest absolute Gasteiger partial charge is 0.486 e. The van der Waals surface area contributed by atoms with Crippen LogP contribution in [0.1, 0.15) is 10.8 Å². The Morgan fingerprint density at radius 3 is 2.42 bits per heavy atom. The second kappa shape index (κ2) is 8.01. The fraction of sp³-hybridized carbons (Fsp3) is 0.350. The molecule has 4 rings (SSSR count). The fourth-order valence-electron chi connectivity index (χ4n) is 3.07. The summed E-state index contributed by atoms with van der Waals surface area (Å²) in [6, 6.07) is 15.8. The molecule has 136 valence electrons. The number of carbonyl (C=O) groups excluding carboxylic acids is 1. The van der Waals surface area contributed by atoms with Gasteiger partial charge in [0.2, 0.25) is 5.91 Å². The average Bonchev–Trinajstić information content (AvgIpc) is 2.73. The zero-order valence-electron chi connectivity index (χ0n) is 14.4. The van der Waals surface area contributed by atoms with Gasteiger partial charge in [-0.3, -0.25) is 4.79 Å². The summed E-state index contributed by atoms with van der Waals surface area (Å²) in [4.78, 5) is 16.1. The van der Waals surface area contributed by atoms with E-state index in [1.807, 2.05) is 53.4 Å². The van der Waals surface area contributed by atoms with Crippen LogP contribution < -0.4 is 9.47 Å². The van der Waals surface area contributed by atoms with Gasteiger partial charge in [0.05, 0.1) is 13.2 Å². The number of hydrogen-bond acceptors (Lipinski definition) is 5. The molecular formula is C20H21NO4S. The lowest BCUT2D eigenvalue weighted by molar-refractivity contribution is -0.134. The number of amides is 1. The number of rotatable bonds is 4. The van der Waals surface area contributed by atoms with Crippen molar-refractivity contribution in [1.82, 2.24) is 4.90 Å². The molecule has 2 heterocycles. The number of thioether (sulfide) groups is 1. The van der Waals surface area contributed by atoms with Gasteiger partial charge in [0.15, 0.2) is 11.5 Å². The molecular weight excluding hydrogens is 350 g/mol. The third-order valence-corrected chi connectivity index (χ3v) is 5.65. The van der Waals surface area contributed by atoms with Crippen LogP contribution in [0.4, 0.5) is 0 Å². The quantitative estimate of drug-likeness (QED) is 0.773. The molecule has 2 aromatic carbocycles. The van der Waals surface area contributed by atoms with Crippen LogP contribution in [0.15, 0.2) is 53.4 Å². The van der Waals surface area contributed by atoms with Gasteiger partial charge < -0.3 is 19.1 Å². The van der Waals surface area contributed by atoms with Gasteiger partial charge in [0.25, 0.3) is 0 Å². The molecule has 1 fully saturated rings. The van der Waals surface area contributed by atoms with Gasteiger partial charge in [-0.2, -0.15) is 0 Å². The number of hydrogen-bond donors (Lipinski definition) is 0. The van der Waals surface area contributed by atoms with Crippen molar-refractivity contribution in [2.75, 3.05) is 39.5 Å². The molecule has 2 aliphatic heterocycles. The van der Waals surface area contributed by atoms with Crippen molar-refractivity contribution in [2.45, 2.75) is 10.1 Å². The first-order valence-electron chi connectivity index (χ1n) is 8.79. The highest BCUT2D eigenvalue weighted by Crippen LogP contribution is 2.41. The van der Waals surface area contributed by atoms with Crippen molar-refractivity contribution in [1.29, 1.82) is 0 Å². The van der Waals surface area contributed by atoms with Crippen molar-refractivity contribution in [3.05, 3.63) is 54.1 Å². The normalized spacial score (nSPS) is 17.6. The lowest BCUT2D eigenvalue weighted by Crippen LogP contribution is -2.42. The van der Waals surface area contributed by atoms with Crippen LogP contribution >= 0.6 is 11.8 Å². The molecule has 0 spiro atoms. The Morgan fingerprint density at radius 2 is 1.65 bits per heavy atom. The predicted molar refractivity (Wildman–Crippen MR) is 99.9 cm³/mol. The molecule has 6 heteroatoms. The molecule has 0 aliphatic carbocycles. The number of nitrogens with zero attached hydrogens (tertiary/aromatic N) is 1. The summed E-state index contributed by atoms with van der Waals surface area (Å²) in [5.41, 5.74) is 1.00. The second-order valence-electron chi connectivity index (χ2n) is 6.15. The Morgan fingerprint density at radius 1 is 0.923 bits per heavy atom. The van der Waals surface area contributed by atoms with Gasteiger partial charge in [-0.25, -0.2) is 0 Å². The fourth-order valence-corrected chi connectivity index (χ4v) is 4.21. The number of carbonyl (C=O) groups is 1. The molecule has 0 N–H and O–H groups in total. The number of benzene rings is 2. The number of ether oxygens (including phenoxy) is 3. The first-order valence-corrected chi connectivity index (χ1v) is 9.67. The van der Waals surface area contributed by atoms with Crippen molar-refractivity contribution in [3.63, 3.8) is 0 Å². The van der Waals surface area contributed by atoms with Gasteiger partial charge in [-0.1, -0.05) is 30.3 Å². The zero-order chi connectivity index (χ0) is 17.8. The van der Waals surface area contributed by atoms with E-state index < -0.39 is 0 Å². The average molecular weight is 371 g/mol. The number of morpholine rings is 1. The third kappa shape index (κ3) is 3.81. The van der Waals surface area contributed by atoms with Crippen LogP contribution in [0.25, 0.3) is 0 Å². The maximum atomic E-state index is 13.2. The molecule has 5 nitrogen and oxygen atoms in total. The van der Waals surface area contributed by atoms with E-state index in [1.165, 1.54) is 0 Å². The molecule has 1 amide bonds. The number of fused-ring (bicyclic) bond motifs is 1. The smallest absolute Gasteiger partial charge is 0.240 e. The highest BCUT2D eigenvalue weighted by atomic mass is 32.2. The van der Waals surface area contributed by atoms with Gasteiger partial charge in [-0.15, -0.1) is 11.8 Å². The third-order valence-electron chi connectivity index (χ3n) is 4.42. The maximum Gasteiger partial charge on any atom is 0.240 e. The van der Waals surface area contributed by atoms with E-state index in [4.69, 9.17) is 14.2 Å². The Hall–Kier alpha value is -2.18. The molecule has 2 aliphatic rings. The van der Waals surface area contributed by atoms with E-state index in [-0.39, 0.29) is 11.2 Å². The van der Waals surface area contributed by atoms with Crippen molar-refractivity contribution in [3.8, 4) is 11.5 Å². The summed E-state index contributed by atoms with van der Waals surface area (Å²) in [7, 11) is 0. The Bertz CT molecular complexity index is 762. The Balaban J connectivity index is 1.59. The molecule has 0 aromatic heterocycles. The van der Waals surface area contributed by atoms with E-state index in [9.17, 15) is 4.79 Å². The summed E-state index contributed by atoms with van der Waals surface area (Å²) >= 11 is 1.55.